The number of hydrogen-bond acceptors (Lipinski definition) is 4. The Bertz CT molecular complexity index is 844. The predicted molar refractivity (Wildman–Crippen MR) is 93.5 cm³/mol. The lowest BCUT2D eigenvalue weighted by molar-refractivity contribution is 0.522. The van der Waals surface area contributed by atoms with Crippen LogP contribution in [0.4, 0.5) is 5.69 Å². The molecule has 0 bridgehead atoms. The molecule has 112 valence electrons. The number of anilines is 1. The second-order valence-electron chi connectivity index (χ2n) is 4.49. The Morgan fingerprint density at radius 3 is 2.64 bits per heavy atom. The topological polar surface area (TPSA) is 43.0 Å². The first-order valence-corrected chi connectivity index (χ1v) is 8.04. The third kappa shape index (κ3) is 3.40. The van der Waals surface area contributed by atoms with Crippen LogP contribution in [0.5, 0.6) is 0 Å². The maximum absolute atomic E-state index is 6.14. The average Bonchev–Trinajstić information content (AvgIpc) is 2.88. The number of rotatable bonds is 4. The van der Waals surface area contributed by atoms with E-state index in [1.54, 1.807) is 10.7 Å². The van der Waals surface area contributed by atoms with E-state index in [2.05, 4.69) is 26.3 Å². The number of nitrogens with zero attached hydrogens (tertiary/aromatic N) is 2. The summed E-state index contributed by atoms with van der Waals surface area (Å²) in [6.07, 6.45) is 0. The average molecular weight is 397 g/mol. The zero-order valence-electron chi connectivity index (χ0n) is 11.3. The molecule has 0 fully saturated rings. The Morgan fingerprint density at radius 2 is 1.91 bits per heavy atom. The van der Waals surface area contributed by atoms with Crippen LogP contribution >= 0.6 is 39.7 Å². The van der Waals surface area contributed by atoms with Crippen LogP contribution in [-0.4, -0.2) is 9.78 Å². The van der Waals surface area contributed by atoms with Crippen molar-refractivity contribution in [2.45, 2.75) is 6.67 Å². The van der Waals surface area contributed by atoms with Crippen LogP contribution in [0, 0.1) is 4.84 Å². The molecule has 0 radical (unpaired) electrons. The second kappa shape index (κ2) is 6.64. The Hall–Kier alpha value is -1.63. The van der Waals surface area contributed by atoms with Gasteiger partial charge in [0.05, 0.1) is 10.6 Å². The largest absolute Gasteiger partial charge is 0.409 e. The molecule has 4 nitrogen and oxygen atoms in total. The first kappa shape index (κ1) is 15.3. The zero-order chi connectivity index (χ0) is 15.5. The standard InChI is InChI=1S/C15H11BrClN3OS/c16-10-5-7-11(8-6-10)18-9-20-15(22)21-14(19-20)12-3-1-2-4-13(12)17/h1-8,18H,9H2. The minimum atomic E-state index is 0.291. The molecule has 0 atom stereocenters. The fourth-order valence-corrected chi connectivity index (χ4v) is 2.55. The molecule has 1 aromatic heterocycles. The van der Waals surface area contributed by atoms with Gasteiger partial charge in [0, 0.05) is 10.2 Å². The first-order chi connectivity index (χ1) is 10.6. The molecule has 0 aliphatic heterocycles. The summed E-state index contributed by atoms with van der Waals surface area (Å²) in [4.78, 5) is 0.291. The molecule has 22 heavy (non-hydrogen) atoms. The van der Waals surface area contributed by atoms with Gasteiger partial charge in [0.15, 0.2) is 0 Å². The van der Waals surface area contributed by atoms with Gasteiger partial charge < -0.3 is 9.73 Å². The van der Waals surface area contributed by atoms with Gasteiger partial charge >= 0.3 is 0 Å². The third-order valence-corrected chi connectivity index (χ3v) is 4.14. The molecular formula is C15H11BrClN3OS. The Kier molecular flexibility index (Phi) is 4.61. The van der Waals surface area contributed by atoms with Crippen molar-refractivity contribution in [3.05, 3.63) is 62.9 Å². The van der Waals surface area contributed by atoms with Crippen molar-refractivity contribution in [1.29, 1.82) is 0 Å². The lowest BCUT2D eigenvalue weighted by Gasteiger charge is -2.05. The number of halogens is 2. The third-order valence-electron chi connectivity index (χ3n) is 2.99. The van der Waals surface area contributed by atoms with E-state index in [0.717, 1.165) is 15.7 Å². The van der Waals surface area contributed by atoms with Gasteiger partial charge in [0.25, 0.3) is 4.84 Å². The van der Waals surface area contributed by atoms with E-state index in [9.17, 15) is 0 Å². The summed E-state index contributed by atoms with van der Waals surface area (Å²) in [5, 5.41) is 8.17. The summed E-state index contributed by atoms with van der Waals surface area (Å²) in [6.45, 7) is 0.411. The predicted octanol–water partition coefficient (Wildman–Crippen LogP) is 5.36. The first-order valence-electron chi connectivity index (χ1n) is 6.46. The minimum Gasteiger partial charge on any atom is -0.409 e. The van der Waals surface area contributed by atoms with Crippen molar-refractivity contribution in [3.8, 4) is 11.5 Å². The van der Waals surface area contributed by atoms with Crippen LogP contribution < -0.4 is 5.32 Å². The van der Waals surface area contributed by atoms with E-state index in [1.807, 2.05) is 42.5 Å². The SMILES string of the molecule is S=c1oc(-c2ccccc2Cl)nn1CNc1ccc(Br)cc1. The monoisotopic (exact) mass is 395 g/mol. The van der Waals surface area contributed by atoms with Crippen molar-refractivity contribution in [1.82, 2.24) is 9.78 Å². The summed E-state index contributed by atoms with van der Waals surface area (Å²) in [6, 6.07) is 15.2. The summed E-state index contributed by atoms with van der Waals surface area (Å²) < 4.78 is 8.13. The molecule has 1 N–H and O–H groups in total. The fraction of sp³-hybridized carbons (Fsp3) is 0.0667. The normalized spacial score (nSPS) is 10.6. The highest BCUT2D eigenvalue weighted by molar-refractivity contribution is 9.10. The second-order valence-corrected chi connectivity index (χ2v) is 6.17. The van der Waals surface area contributed by atoms with Gasteiger partial charge in [-0.05, 0) is 48.6 Å². The van der Waals surface area contributed by atoms with Crippen molar-refractivity contribution >= 4 is 45.4 Å². The molecule has 2 aromatic carbocycles. The van der Waals surface area contributed by atoms with Crippen molar-refractivity contribution in [3.63, 3.8) is 0 Å². The molecule has 1 heterocycles. The number of benzene rings is 2. The highest BCUT2D eigenvalue weighted by Gasteiger charge is 2.11. The molecule has 0 aliphatic carbocycles. The van der Waals surface area contributed by atoms with Crippen LogP contribution in [0.15, 0.2) is 57.4 Å². The van der Waals surface area contributed by atoms with Gasteiger partial charge in [-0.2, -0.15) is 0 Å². The minimum absolute atomic E-state index is 0.291. The van der Waals surface area contributed by atoms with Gasteiger partial charge in [-0.15, -0.1) is 5.10 Å². The van der Waals surface area contributed by atoms with Gasteiger partial charge in [0.2, 0.25) is 5.89 Å². The van der Waals surface area contributed by atoms with Crippen molar-refractivity contribution in [2.75, 3.05) is 5.32 Å². The lowest BCUT2D eigenvalue weighted by Crippen LogP contribution is -2.09. The number of hydrogen-bond donors (Lipinski definition) is 1. The Balaban J connectivity index is 1.80. The highest BCUT2D eigenvalue weighted by Crippen LogP contribution is 2.26. The van der Waals surface area contributed by atoms with Gasteiger partial charge in [0.1, 0.15) is 6.67 Å². The molecule has 3 rings (SSSR count). The summed E-state index contributed by atoms with van der Waals surface area (Å²) >= 11 is 14.7. The van der Waals surface area contributed by atoms with E-state index in [-0.39, 0.29) is 0 Å². The zero-order valence-corrected chi connectivity index (χ0v) is 14.5. The molecule has 0 unspecified atom stereocenters. The maximum Gasteiger partial charge on any atom is 0.289 e. The molecule has 0 saturated heterocycles. The van der Waals surface area contributed by atoms with Gasteiger partial charge in [-0.3, -0.25) is 0 Å². The molecule has 0 saturated carbocycles. The highest BCUT2D eigenvalue weighted by atomic mass is 79.9. The summed E-state index contributed by atoms with van der Waals surface area (Å²) in [5.74, 6) is 0.410. The van der Waals surface area contributed by atoms with Crippen molar-refractivity contribution < 1.29 is 4.42 Å². The van der Waals surface area contributed by atoms with E-state index in [4.69, 9.17) is 28.2 Å². The van der Waals surface area contributed by atoms with Crippen LogP contribution in [0.3, 0.4) is 0 Å². The Morgan fingerprint density at radius 1 is 1.18 bits per heavy atom. The van der Waals surface area contributed by atoms with Crippen LogP contribution in [-0.2, 0) is 6.67 Å². The van der Waals surface area contributed by atoms with E-state index in [1.165, 1.54) is 0 Å². The summed E-state index contributed by atoms with van der Waals surface area (Å²) in [5.41, 5.74) is 1.69. The van der Waals surface area contributed by atoms with Gasteiger partial charge in [-0.1, -0.05) is 39.7 Å². The lowest BCUT2D eigenvalue weighted by atomic mass is 10.2. The number of nitrogens with one attached hydrogen (secondary N) is 1. The van der Waals surface area contributed by atoms with Crippen LogP contribution in [0.2, 0.25) is 5.02 Å². The fourth-order valence-electron chi connectivity index (χ4n) is 1.88. The van der Waals surface area contributed by atoms with E-state index < -0.39 is 0 Å². The van der Waals surface area contributed by atoms with Crippen LogP contribution in [0.1, 0.15) is 0 Å². The van der Waals surface area contributed by atoms with E-state index in [0.29, 0.717) is 22.4 Å². The smallest absolute Gasteiger partial charge is 0.289 e. The van der Waals surface area contributed by atoms with Crippen LogP contribution in [0.25, 0.3) is 11.5 Å². The van der Waals surface area contributed by atoms with E-state index >= 15 is 0 Å². The van der Waals surface area contributed by atoms with Crippen molar-refractivity contribution in [2.24, 2.45) is 0 Å². The molecule has 7 heteroatoms. The molecule has 0 amide bonds. The summed E-state index contributed by atoms with van der Waals surface area (Å²) in [7, 11) is 0. The molecule has 0 aliphatic rings. The molecular weight excluding hydrogens is 386 g/mol. The molecule has 3 aromatic rings. The quantitative estimate of drug-likeness (QED) is 0.603. The molecule has 0 spiro atoms. The Labute approximate surface area is 145 Å². The maximum atomic E-state index is 6.14. The number of aromatic nitrogens is 2. The van der Waals surface area contributed by atoms with Gasteiger partial charge in [-0.25, -0.2) is 4.68 Å².